The predicted molar refractivity (Wildman–Crippen MR) is 80.7 cm³/mol. The van der Waals surface area contributed by atoms with Gasteiger partial charge in [-0.15, -0.1) is 0 Å². The van der Waals surface area contributed by atoms with E-state index < -0.39 is 0 Å². The Morgan fingerprint density at radius 1 is 1.19 bits per heavy atom. The van der Waals surface area contributed by atoms with Crippen LogP contribution in [0.25, 0.3) is 0 Å². The van der Waals surface area contributed by atoms with Crippen molar-refractivity contribution in [1.29, 1.82) is 0 Å². The van der Waals surface area contributed by atoms with Crippen LogP contribution >= 0.6 is 0 Å². The average molecular weight is 294 g/mol. The molecule has 1 saturated heterocycles. The van der Waals surface area contributed by atoms with Crippen LogP contribution in [0.3, 0.4) is 0 Å². The van der Waals surface area contributed by atoms with Gasteiger partial charge in [0.25, 0.3) is 0 Å². The van der Waals surface area contributed by atoms with Crippen LogP contribution in [-0.2, 0) is 15.9 Å². The van der Waals surface area contributed by atoms with Gasteiger partial charge < -0.3 is 13.9 Å². The van der Waals surface area contributed by atoms with Crippen LogP contribution in [0.1, 0.15) is 66.0 Å². The summed E-state index contributed by atoms with van der Waals surface area (Å²) in [6.45, 7) is 5.55. The third kappa shape index (κ3) is 4.68. The number of carbonyl (C=O) groups excluding carboxylic acids is 1. The summed E-state index contributed by atoms with van der Waals surface area (Å²) in [7, 11) is 0. The number of hydrogen-bond donors (Lipinski definition) is 0. The molecule has 0 saturated carbocycles. The quantitative estimate of drug-likeness (QED) is 0.538. The monoisotopic (exact) mass is 294 g/mol. The summed E-state index contributed by atoms with van der Waals surface area (Å²) >= 11 is 0. The third-order valence-electron chi connectivity index (χ3n) is 4.18. The highest BCUT2D eigenvalue weighted by molar-refractivity contribution is 5.74. The van der Waals surface area contributed by atoms with Crippen LogP contribution in [0, 0.1) is 13.8 Å². The highest BCUT2D eigenvalue weighted by Gasteiger charge is 2.14. The molecule has 1 fully saturated rings. The fraction of sp³-hybridized carbons (Fsp3) is 0.706. The zero-order chi connectivity index (χ0) is 15.1. The van der Waals surface area contributed by atoms with E-state index in [0.717, 1.165) is 74.9 Å². The van der Waals surface area contributed by atoms with Crippen molar-refractivity contribution in [2.75, 3.05) is 13.2 Å². The molecular weight excluding hydrogens is 268 g/mol. The van der Waals surface area contributed by atoms with Gasteiger partial charge in [-0.2, -0.15) is 0 Å². The molecule has 0 aliphatic carbocycles. The Balaban J connectivity index is 1.60. The molecule has 4 nitrogen and oxygen atoms in total. The molecule has 0 N–H and O–H groups in total. The summed E-state index contributed by atoms with van der Waals surface area (Å²) in [5, 5.41) is 0. The number of unbranched alkanes of at least 4 members (excludes halogenated alkanes) is 2. The molecule has 2 rings (SSSR count). The van der Waals surface area contributed by atoms with Crippen molar-refractivity contribution in [1.82, 2.24) is 0 Å². The van der Waals surface area contributed by atoms with Gasteiger partial charge in [0.1, 0.15) is 5.76 Å². The number of rotatable bonds is 8. The van der Waals surface area contributed by atoms with E-state index >= 15 is 0 Å². The van der Waals surface area contributed by atoms with Gasteiger partial charge in [0, 0.05) is 25.2 Å². The van der Waals surface area contributed by atoms with Crippen LogP contribution in [-0.4, -0.2) is 25.8 Å². The van der Waals surface area contributed by atoms with E-state index in [0.29, 0.717) is 5.76 Å². The zero-order valence-corrected chi connectivity index (χ0v) is 13.2. The number of furan rings is 1. The summed E-state index contributed by atoms with van der Waals surface area (Å²) in [5.74, 6) is 1.42. The summed E-state index contributed by atoms with van der Waals surface area (Å²) in [6.07, 6.45) is 8.29. The molecular formula is C17H26O4. The van der Waals surface area contributed by atoms with Crippen molar-refractivity contribution in [2.45, 2.75) is 65.1 Å². The first-order valence-electron chi connectivity index (χ1n) is 7.99. The Bertz CT molecular complexity index is 444. The Labute approximate surface area is 126 Å². The van der Waals surface area contributed by atoms with E-state index in [-0.39, 0.29) is 6.29 Å². The first kappa shape index (κ1) is 16.2. The normalized spacial score (nSPS) is 18.9. The lowest BCUT2D eigenvalue weighted by Gasteiger charge is -2.22. The van der Waals surface area contributed by atoms with Crippen LogP contribution in [0.4, 0.5) is 0 Å². The minimum absolute atomic E-state index is 0.0175. The Hall–Kier alpha value is -1.13. The van der Waals surface area contributed by atoms with Gasteiger partial charge in [-0.1, -0.05) is 6.42 Å². The topological polar surface area (TPSA) is 48.7 Å². The molecule has 0 amide bonds. The summed E-state index contributed by atoms with van der Waals surface area (Å²) in [5.41, 5.74) is 2.08. The SMILES string of the molecule is Cc1c(C=O)oc(CCCCCOC2CCCCO2)c1C. The lowest BCUT2D eigenvalue weighted by atomic mass is 10.1. The predicted octanol–water partition coefficient (Wildman–Crippen LogP) is 3.96. The number of aldehydes is 1. The minimum Gasteiger partial charge on any atom is -0.458 e. The molecule has 1 aliphatic rings. The molecule has 0 radical (unpaired) electrons. The number of ether oxygens (including phenoxy) is 2. The molecule has 0 aromatic carbocycles. The van der Waals surface area contributed by atoms with Crippen molar-refractivity contribution in [3.05, 3.63) is 22.6 Å². The highest BCUT2D eigenvalue weighted by atomic mass is 16.7. The lowest BCUT2D eigenvalue weighted by Crippen LogP contribution is -2.22. The van der Waals surface area contributed by atoms with Crippen LogP contribution in [0.2, 0.25) is 0 Å². The first-order chi connectivity index (χ1) is 10.2. The van der Waals surface area contributed by atoms with Crippen molar-refractivity contribution in [3.63, 3.8) is 0 Å². The van der Waals surface area contributed by atoms with Gasteiger partial charge in [0.05, 0.1) is 0 Å². The Morgan fingerprint density at radius 2 is 2.05 bits per heavy atom. The van der Waals surface area contributed by atoms with Gasteiger partial charge in [-0.05, 0) is 51.5 Å². The van der Waals surface area contributed by atoms with Crippen LogP contribution in [0.5, 0.6) is 0 Å². The average Bonchev–Trinajstić information content (AvgIpc) is 2.79. The molecule has 0 spiro atoms. The highest BCUT2D eigenvalue weighted by Crippen LogP contribution is 2.22. The molecule has 1 aromatic rings. The van der Waals surface area contributed by atoms with Crippen molar-refractivity contribution < 1.29 is 18.7 Å². The van der Waals surface area contributed by atoms with Crippen LogP contribution in [0.15, 0.2) is 4.42 Å². The van der Waals surface area contributed by atoms with E-state index in [1.54, 1.807) is 0 Å². The van der Waals surface area contributed by atoms with Crippen molar-refractivity contribution in [3.8, 4) is 0 Å². The smallest absolute Gasteiger partial charge is 0.185 e. The number of aryl methyl sites for hydroxylation is 1. The molecule has 1 unspecified atom stereocenters. The maximum absolute atomic E-state index is 10.8. The van der Waals surface area contributed by atoms with E-state index in [1.165, 1.54) is 6.42 Å². The van der Waals surface area contributed by atoms with E-state index in [2.05, 4.69) is 0 Å². The third-order valence-corrected chi connectivity index (χ3v) is 4.18. The zero-order valence-electron chi connectivity index (χ0n) is 13.2. The van der Waals surface area contributed by atoms with E-state index in [4.69, 9.17) is 13.9 Å². The standard InChI is InChI=1S/C17H26O4/c1-13-14(2)16(12-18)21-15(13)8-4-3-6-10-19-17-9-5-7-11-20-17/h12,17H,3-11H2,1-2H3. The maximum atomic E-state index is 10.8. The molecule has 4 heteroatoms. The fourth-order valence-corrected chi connectivity index (χ4v) is 2.65. The summed E-state index contributed by atoms with van der Waals surface area (Å²) in [6, 6.07) is 0. The lowest BCUT2D eigenvalue weighted by molar-refractivity contribution is -0.162. The molecule has 0 bridgehead atoms. The van der Waals surface area contributed by atoms with Crippen molar-refractivity contribution >= 4 is 6.29 Å². The maximum Gasteiger partial charge on any atom is 0.185 e. The van der Waals surface area contributed by atoms with E-state index in [1.807, 2.05) is 13.8 Å². The molecule has 118 valence electrons. The number of carbonyl (C=O) groups is 1. The van der Waals surface area contributed by atoms with Crippen molar-refractivity contribution in [2.24, 2.45) is 0 Å². The minimum atomic E-state index is 0.0175. The summed E-state index contributed by atoms with van der Waals surface area (Å²) < 4.78 is 16.8. The Morgan fingerprint density at radius 3 is 2.71 bits per heavy atom. The second-order valence-corrected chi connectivity index (χ2v) is 5.73. The second kappa shape index (κ2) is 8.35. The molecule has 1 aliphatic heterocycles. The first-order valence-corrected chi connectivity index (χ1v) is 7.99. The van der Waals surface area contributed by atoms with E-state index in [9.17, 15) is 4.79 Å². The molecule has 2 heterocycles. The van der Waals surface area contributed by atoms with Gasteiger partial charge >= 0.3 is 0 Å². The largest absolute Gasteiger partial charge is 0.458 e. The van der Waals surface area contributed by atoms with Gasteiger partial charge in [0.2, 0.25) is 0 Å². The fourth-order valence-electron chi connectivity index (χ4n) is 2.65. The van der Waals surface area contributed by atoms with Gasteiger partial charge in [-0.25, -0.2) is 0 Å². The molecule has 1 atom stereocenters. The Kier molecular flexibility index (Phi) is 6.46. The van der Waals surface area contributed by atoms with Crippen LogP contribution < -0.4 is 0 Å². The number of hydrogen-bond acceptors (Lipinski definition) is 4. The second-order valence-electron chi connectivity index (χ2n) is 5.73. The summed E-state index contributed by atoms with van der Waals surface area (Å²) in [4.78, 5) is 10.8. The van der Waals surface area contributed by atoms with Gasteiger partial charge in [-0.3, -0.25) is 4.79 Å². The molecule has 21 heavy (non-hydrogen) atoms. The molecule has 1 aromatic heterocycles. The van der Waals surface area contributed by atoms with Gasteiger partial charge in [0.15, 0.2) is 18.3 Å².